The molecule has 2 N–H and O–H groups in total. The molecule has 0 aromatic carbocycles. The first kappa shape index (κ1) is 14.6. The molecule has 1 atom stereocenters. The molecular weight excluding hydrogens is 260 g/mol. The SMILES string of the molecule is CC(CNS(=O)(=O)c1cc(CO)cs1)N(C)C. The van der Waals surface area contributed by atoms with Crippen LogP contribution in [0.15, 0.2) is 15.7 Å². The number of sulfonamides is 1. The maximum absolute atomic E-state index is 11.9. The minimum absolute atomic E-state index is 0.127. The lowest BCUT2D eigenvalue weighted by atomic mass is 10.3. The van der Waals surface area contributed by atoms with Gasteiger partial charge >= 0.3 is 0 Å². The fourth-order valence-electron chi connectivity index (χ4n) is 1.06. The van der Waals surface area contributed by atoms with Crippen LogP contribution >= 0.6 is 11.3 Å². The van der Waals surface area contributed by atoms with Gasteiger partial charge in [-0.15, -0.1) is 11.3 Å². The largest absolute Gasteiger partial charge is 0.392 e. The van der Waals surface area contributed by atoms with Gasteiger partial charge in [-0.3, -0.25) is 0 Å². The molecule has 0 aliphatic rings. The minimum atomic E-state index is -3.45. The van der Waals surface area contributed by atoms with Gasteiger partial charge in [-0.1, -0.05) is 0 Å². The highest BCUT2D eigenvalue weighted by Crippen LogP contribution is 2.19. The number of rotatable bonds is 6. The molecule has 0 bridgehead atoms. The zero-order valence-corrected chi connectivity index (χ0v) is 11.8. The molecule has 0 aliphatic heterocycles. The van der Waals surface area contributed by atoms with Crippen molar-refractivity contribution in [1.29, 1.82) is 0 Å². The number of nitrogens with one attached hydrogen (secondary N) is 1. The van der Waals surface area contributed by atoms with E-state index >= 15 is 0 Å². The van der Waals surface area contributed by atoms with Crippen LogP contribution in [-0.2, 0) is 16.6 Å². The van der Waals surface area contributed by atoms with Crippen molar-refractivity contribution in [2.75, 3.05) is 20.6 Å². The monoisotopic (exact) mass is 278 g/mol. The summed E-state index contributed by atoms with van der Waals surface area (Å²) < 4.78 is 26.6. The number of hydrogen-bond acceptors (Lipinski definition) is 5. The Hall–Kier alpha value is -0.470. The van der Waals surface area contributed by atoms with Crippen molar-refractivity contribution in [3.05, 3.63) is 17.0 Å². The predicted molar refractivity (Wildman–Crippen MR) is 68.6 cm³/mol. The number of aliphatic hydroxyl groups excluding tert-OH is 1. The molecule has 1 aromatic rings. The molecule has 1 heterocycles. The van der Waals surface area contributed by atoms with Crippen molar-refractivity contribution in [3.63, 3.8) is 0 Å². The molecule has 17 heavy (non-hydrogen) atoms. The third kappa shape index (κ3) is 4.04. The Morgan fingerprint density at radius 3 is 2.65 bits per heavy atom. The summed E-state index contributed by atoms with van der Waals surface area (Å²) in [7, 11) is 0.346. The molecule has 1 unspecified atom stereocenters. The van der Waals surface area contributed by atoms with Crippen LogP contribution in [-0.4, -0.2) is 45.1 Å². The first-order chi connectivity index (χ1) is 7.86. The van der Waals surface area contributed by atoms with Gasteiger partial charge in [0.15, 0.2) is 0 Å². The van der Waals surface area contributed by atoms with E-state index in [2.05, 4.69) is 4.72 Å². The Bertz CT molecular complexity index is 454. The molecule has 0 radical (unpaired) electrons. The third-order valence-corrected chi connectivity index (χ3v) is 5.44. The Kier molecular flexibility index (Phi) is 5.08. The summed E-state index contributed by atoms with van der Waals surface area (Å²) in [5, 5.41) is 10.5. The predicted octanol–water partition coefficient (Wildman–Crippen LogP) is 0.469. The van der Waals surface area contributed by atoms with Crippen LogP contribution in [0.25, 0.3) is 0 Å². The lowest BCUT2D eigenvalue weighted by Crippen LogP contribution is -2.37. The maximum atomic E-state index is 11.9. The summed E-state index contributed by atoms with van der Waals surface area (Å²) in [5.74, 6) is 0. The van der Waals surface area contributed by atoms with Crippen molar-refractivity contribution in [3.8, 4) is 0 Å². The summed E-state index contributed by atoms with van der Waals surface area (Å²) in [6.07, 6.45) is 0. The van der Waals surface area contributed by atoms with Gasteiger partial charge in [0.25, 0.3) is 0 Å². The first-order valence-electron chi connectivity index (χ1n) is 5.21. The van der Waals surface area contributed by atoms with E-state index in [1.807, 2.05) is 25.9 Å². The van der Waals surface area contributed by atoms with E-state index in [-0.39, 0.29) is 16.9 Å². The van der Waals surface area contributed by atoms with Crippen LogP contribution in [0.1, 0.15) is 12.5 Å². The topological polar surface area (TPSA) is 69.6 Å². The summed E-state index contributed by atoms with van der Waals surface area (Å²) in [6.45, 7) is 2.16. The van der Waals surface area contributed by atoms with Gasteiger partial charge in [0, 0.05) is 12.6 Å². The highest BCUT2D eigenvalue weighted by molar-refractivity contribution is 7.91. The molecule has 0 saturated carbocycles. The van der Waals surface area contributed by atoms with E-state index in [4.69, 9.17) is 5.11 Å². The van der Waals surface area contributed by atoms with Crippen LogP contribution in [0, 0.1) is 0 Å². The molecule has 5 nitrogen and oxygen atoms in total. The second-order valence-electron chi connectivity index (χ2n) is 4.10. The van der Waals surface area contributed by atoms with Crippen LogP contribution in [0.4, 0.5) is 0 Å². The van der Waals surface area contributed by atoms with Gasteiger partial charge in [0.2, 0.25) is 10.0 Å². The maximum Gasteiger partial charge on any atom is 0.250 e. The van der Waals surface area contributed by atoms with Gasteiger partial charge in [-0.2, -0.15) is 0 Å². The number of likely N-dealkylation sites (N-methyl/N-ethyl adjacent to an activating group) is 1. The lowest BCUT2D eigenvalue weighted by Gasteiger charge is -2.19. The van der Waals surface area contributed by atoms with E-state index in [0.717, 1.165) is 11.3 Å². The van der Waals surface area contributed by atoms with Crippen molar-refractivity contribution < 1.29 is 13.5 Å². The highest BCUT2D eigenvalue weighted by atomic mass is 32.2. The van der Waals surface area contributed by atoms with Gasteiger partial charge in [-0.25, -0.2) is 13.1 Å². The molecule has 0 amide bonds. The van der Waals surface area contributed by atoms with Crippen molar-refractivity contribution in [2.45, 2.75) is 23.8 Å². The smallest absolute Gasteiger partial charge is 0.250 e. The molecular formula is C10H18N2O3S2. The Morgan fingerprint density at radius 1 is 1.53 bits per heavy atom. The zero-order chi connectivity index (χ0) is 13.1. The van der Waals surface area contributed by atoms with Crippen molar-refractivity contribution in [1.82, 2.24) is 9.62 Å². The van der Waals surface area contributed by atoms with Crippen molar-refractivity contribution in [2.24, 2.45) is 0 Å². The summed E-state index contributed by atoms with van der Waals surface area (Å²) >= 11 is 1.12. The summed E-state index contributed by atoms with van der Waals surface area (Å²) in [4.78, 5) is 1.94. The molecule has 1 aromatic heterocycles. The van der Waals surface area contributed by atoms with Crippen LogP contribution in [0.5, 0.6) is 0 Å². The fourth-order valence-corrected chi connectivity index (χ4v) is 3.43. The number of nitrogens with zero attached hydrogens (tertiary/aromatic N) is 1. The average Bonchev–Trinajstić information content (AvgIpc) is 2.75. The van der Waals surface area contributed by atoms with E-state index in [9.17, 15) is 8.42 Å². The fraction of sp³-hybridized carbons (Fsp3) is 0.600. The normalized spacial score (nSPS) is 14.2. The van der Waals surface area contributed by atoms with Gasteiger partial charge < -0.3 is 10.0 Å². The molecule has 0 aliphatic carbocycles. The molecule has 98 valence electrons. The molecule has 0 saturated heterocycles. The Labute approximate surface area is 106 Å². The number of thiophene rings is 1. The summed E-state index contributed by atoms with van der Waals surface area (Å²) in [5.41, 5.74) is 0.621. The lowest BCUT2D eigenvalue weighted by molar-refractivity contribution is 0.282. The molecule has 0 spiro atoms. The minimum Gasteiger partial charge on any atom is -0.392 e. The molecule has 7 heteroatoms. The van der Waals surface area contributed by atoms with Crippen LogP contribution in [0.3, 0.4) is 0 Å². The quantitative estimate of drug-likeness (QED) is 0.793. The van der Waals surface area contributed by atoms with Gasteiger partial charge in [-0.05, 0) is 38.0 Å². The Balaban J connectivity index is 2.69. The van der Waals surface area contributed by atoms with E-state index in [1.54, 1.807) is 5.38 Å². The first-order valence-corrected chi connectivity index (χ1v) is 7.57. The average molecular weight is 278 g/mol. The van der Waals surface area contributed by atoms with E-state index < -0.39 is 10.0 Å². The second kappa shape index (κ2) is 5.92. The summed E-state index contributed by atoms with van der Waals surface area (Å²) in [6, 6.07) is 1.62. The molecule has 1 rings (SSSR count). The van der Waals surface area contributed by atoms with Crippen LogP contribution in [0.2, 0.25) is 0 Å². The third-order valence-electron chi connectivity index (χ3n) is 2.53. The van der Waals surface area contributed by atoms with Gasteiger partial charge in [0.05, 0.1) is 6.61 Å². The number of hydrogen-bond donors (Lipinski definition) is 2. The van der Waals surface area contributed by atoms with E-state index in [1.165, 1.54) is 6.07 Å². The van der Waals surface area contributed by atoms with E-state index in [0.29, 0.717) is 12.1 Å². The zero-order valence-electron chi connectivity index (χ0n) is 10.2. The second-order valence-corrected chi connectivity index (χ2v) is 7.00. The van der Waals surface area contributed by atoms with Crippen molar-refractivity contribution >= 4 is 21.4 Å². The standard InChI is InChI=1S/C10H18N2O3S2/c1-8(12(2)3)5-11-17(14,15)10-4-9(6-13)7-16-10/h4,7-8,11,13H,5-6H2,1-3H3. The number of aliphatic hydroxyl groups is 1. The highest BCUT2D eigenvalue weighted by Gasteiger charge is 2.17. The van der Waals surface area contributed by atoms with Gasteiger partial charge in [0.1, 0.15) is 4.21 Å². The molecule has 0 fully saturated rings. The Morgan fingerprint density at radius 2 is 2.18 bits per heavy atom. The van der Waals surface area contributed by atoms with Crippen LogP contribution < -0.4 is 4.72 Å².